The summed E-state index contributed by atoms with van der Waals surface area (Å²) in [6.45, 7) is 5.39. The molecule has 7 nitrogen and oxygen atoms in total. The quantitative estimate of drug-likeness (QED) is 0.662. The van der Waals surface area contributed by atoms with Crippen LogP contribution in [0.5, 0.6) is 0 Å². The number of carbonyl (C=O) groups is 2. The maximum atomic E-state index is 13.0. The predicted molar refractivity (Wildman–Crippen MR) is 117 cm³/mol. The number of urea groups is 1. The Morgan fingerprint density at radius 3 is 2.47 bits per heavy atom. The predicted octanol–water partition coefficient (Wildman–Crippen LogP) is 2.94. The molecule has 0 bridgehead atoms. The Labute approximate surface area is 186 Å². The molecule has 3 aliphatic heterocycles. The first-order valence-corrected chi connectivity index (χ1v) is 10.9. The maximum absolute atomic E-state index is 13.0. The molecule has 1 atom stereocenters. The van der Waals surface area contributed by atoms with Crippen LogP contribution in [-0.4, -0.2) is 82.7 Å². The van der Waals surface area contributed by atoms with Gasteiger partial charge in [0.15, 0.2) is 0 Å². The number of hydrogen-bond acceptors (Lipinski definition) is 4. The van der Waals surface area contributed by atoms with Crippen molar-refractivity contribution in [1.82, 2.24) is 14.7 Å². The molecule has 2 saturated heterocycles. The van der Waals surface area contributed by atoms with Crippen molar-refractivity contribution in [2.75, 3.05) is 33.7 Å². The lowest BCUT2D eigenvalue weighted by Gasteiger charge is -2.31. The topological polar surface area (TPSA) is 59.2 Å². The van der Waals surface area contributed by atoms with Crippen molar-refractivity contribution in [1.29, 1.82) is 0 Å². The van der Waals surface area contributed by atoms with Crippen LogP contribution < -0.4 is 0 Å². The number of likely N-dealkylation sites (N-methyl/N-ethyl adjacent to an activating group) is 2. The molecular weight excluding hydrogens is 425 g/mol. The number of rotatable bonds is 4. The summed E-state index contributed by atoms with van der Waals surface area (Å²) in [4.78, 5) is 35.3. The summed E-state index contributed by atoms with van der Waals surface area (Å²) in [7, 11) is 3.18. The molecule has 3 amide bonds. The average molecular weight is 451 g/mol. The van der Waals surface area contributed by atoms with Gasteiger partial charge in [-0.3, -0.25) is 19.5 Å². The van der Waals surface area contributed by atoms with E-state index < -0.39 is 6.04 Å². The molecule has 0 aromatic heterocycles. The third-order valence-electron chi connectivity index (χ3n) is 6.19. The monoisotopic (exact) mass is 450 g/mol. The van der Waals surface area contributed by atoms with E-state index in [0.29, 0.717) is 29.0 Å². The van der Waals surface area contributed by atoms with Gasteiger partial charge in [0, 0.05) is 14.1 Å². The molecule has 30 heavy (non-hydrogen) atoms. The standard InChI is InChI=1S/C21H26Cl2N5O2/c1-13-6-8-27(9-7-13)12-17-24-19-18(20(29)26(3)21(30)25(19)2)28(17)11-14-4-5-15(22)16(23)10-14/h4-5,10,13,18H,6-9,11-12H2,1-3H3/q+1. The van der Waals surface area contributed by atoms with Crippen LogP contribution in [0.3, 0.4) is 0 Å². The molecule has 1 aromatic rings. The lowest BCUT2D eigenvalue weighted by molar-refractivity contribution is -0.552. The minimum absolute atomic E-state index is 0.265. The second kappa shape index (κ2) is 8.29. The highest BCUT2D eigenvalue weighted by Crippen LogP contribution is 2.26. The average Bonchev–Trinajstić information content (AvgIpc) is 3.07. The first-order chi connectivity index (χ1) is 14.3. The third kappa shape index (κ3) is 3.86. The first-order valence-electron chi connectivity index (χ1n) is 10.2. The van der Waals surface area contributed by atoms with Crippen LogP contribution in [0, 0.1) is 5.92 Å². The molecule has 4 rings (SSSR count). The van der Waals surface area contributed by atoms with E-state index in [1.54, 1.807) is 13.1 Å². The molecule has 0 aliphatic carbocycles. The molecule has 0 radical (unpaired) electrons. The summed E-state index contributed by atoms with van der Waals surface area (Å²) in [5.41, 5.74) is 0.931. The molecule has 0 saturated carbocycles. The Morgan fingerprint density at radius 2 is 1.80 bits per heavy atom. The van der Waals surface area contributed by atoms with Crippen LogP contribution in [0.4, 0.5) is 4.79 Å². The maximum Gasteiger partial charge on any atom is 0.333 e. The summed E-state index contributed by atoms with van der Waals surface area (Å²) in [5, 5.41) is 0.963. The lowest BCUT2D eigenvalue weighted by atomic mass is 9.99. The van der Waals surface area contributed by atoms with Gasteiger partial charge in [-0.05, 0) is 54.5 Å². The highest BCUT2D eigenvalue weighted by atomic mass is 35.5. The van der Waals surface area contributed by atoms with Crippen LogP contribution in [0.15, 0.2) is 23.2 Å². The number of imide groups is 1. The summed E-state index contributed by atoms with van der Waals surface area (Å²) in [6.07, 6.45) is 2.31. The molecule has 9 heteroatoms. The number of hydrogen-bond donors (Lipinski definition) is 0. The van der Waals surface area contributed by atoms with Crippen molar-refractivity contribution < 1.29 is 14.2 Å². The second-order valence-corrected chi connectivity index (χ2v) is 9.18. The minimum Gasteiger partial charge on any atom is -0.292 e. The number of amides is 3. The molecule has 1 aromatic carbocycles. The Kier molecular flexibility index (Phi) is 5.88. The Balaban J connectivity index is 1.69. The van der Waals surface area contributed by atoms with E-state index in [-0.39, 0.29) is 11.9 Å². The Bertz CT molecular complexity index is 953. The van der Waals surface area contributed by atoms with Gasteiger partial charge in [-0.25, -0.2) is 9.37 Å². The number of piperidine rings is 1. The normalized spacial score (nSPS) is 23.4. The molecular formula is C21H26Cl2N5O2+. The van der Waals surface area contributed by atoms with Gasteiger partial charge in [0.1, 0.15) is 13.1 Å². The van der Waals surface area contributed by atoms with E-state index in [0.717, 1.165) is 48.1 Å². The molecule has 1 unspecified atom stereocenters. The van der Waals surface area contributed by atoms with Crippen LogP contribution in [-0.2, 0) is 11.3 Å². The van der Waals surface area contributed by atoms with E-state index in [4.69, 9.17) is 28.2 Å². The van der Waals surface area contributed by atoms with Crippen LogP contribution in [0.2, 0.25) is 10.0 Å². The van der Waals surface area contributed by atoms with Gasteiger partial charge in [-0.1, -0.05) is 36.2 Å². The van der Waals surface area contributed by atoms with Crippen LogP contribution in [0.1, 0.15) is 25.3 Å². The zero-order chi connectivity index (χ0) is 21.6. The zero-order valence-corrected chi connectivity index (χ0v) is 18.9. The summed E-state index contributed by atoms with van der Waals surface area (Å²) in [6, 6.07) is 4.49. The van der Waals surface area contributed by atoms with Gasteiger partial charge in [-0.15, -0.1) is 0 Å². The lowest BCUT2D eigenvalue weighted by Crippen LogP contribution is -2.61. The summed E-state index contributed by atoms with van der Waals surface area (Å²) in [5.74, 6) is 1.76. The van der Waals surface area contributed by atoms with Crippen molar-refractivity contribution in [2.45, 2.75) is 32.4 Å². The number of halogens is 2. The van der Waals surface area contributed by atoms with Crippen LogP contribution in [0.25, 0.3) is 0 Å². The number of aliphatic imine (C=N–C) groups is 1. The number of amidine groups is 2. The van der Waals surface area contributed by atoms with E-state index in [2.05, 4.69) is 11.8 Å². The number of nitrogens with zero attached hydrogens (tertiary/aromatic N) is 5. The second-order valence-electron chi connectivity index (χ2n) is 8.36. The van der Waals surface area contributed by atoms with Crippen molar-refractivity contribution in [3.8, 4) is 0 Å². The fourth-order valence-electron chi connectivity index (χ4n) is 4.21. The molecule has 3 aliphatic rings. The van der Waals surface area contributed by atoms with E-state index in [9.17, 15) is 9.59 Å². The highest BCUT2D eigenvalue weighted by molar-refractivity contribution is 6.42. The fraction of sp³-hybridized carbons (Fsp3) is 0.524. The Morgan fingerprint density at radius 1 is 1.10 bits per heavy atom. The van der Waals surface area contributed by atoms with Gasteiger partial charge in [0.05, 0.1) is 10.0 Å². The smallest absolute Gasteiger partial charge is 0.292 e. The van der Waals surface area contributed by atoms with Gasteiger partial charge < -0.3 is 0 Å². The van der Waals surface area contributed by atoms with Crippen molar-refractivity contribution in [3.63, 3.8) is 0 Å². The van der Waals surface area contributed by atoms with Crippen molar-refractivity contribution in [2.24, 2.45) is 10.9 Å². The number of benzene rings is 1. The van der Waals surface area contributed by atoms with E-state index in [1.165, 1.54) is 11.9 Å². The number of carbonyl (C=O) groups excluding carboxylic acids is 2. The SMILES string of the molecule is CC1CCN(CC2=[N+](Cc3ccc(Cl)c(Cl)c3)C3C(=O)N(C)C(=O)N(C)C3=N2)CC1. The third-order valence-corrected chi connectivity index (χ3v) is 6.93. The molecule has 0 N–H and O–H groups in total. The van der Waals surface area contributed by atoms with Crippen molar-refractivity contribution in [3.05, 3.63) is 33.8 Å². The minimum atomic E-state index is -0.620. The number of likely N-dealkylation sites (tertiary alicyclic amines) is 1. The zero-order valence-electron chi connectivity index (χ0n) is 17.4. The van der Waals surface area contributed by atoms with Gasteiger partial charge in [-0.2, -0.15) is 0 Å². The van der Waals surface area contributed by atoms with Gasteiger partial charge >= 0.3 is 11.9 Å². The van der Waals surface area contributed by atoms with E-state index in [1.807, 2.05) is 16.7 Å². The van der Waals surface area contributed by atoms with Gasteiger partial charge in [0.25, 0.3) is 17.8 Å². The molecule has 0 spiro atoms. The summed E-state index contributed by atoms with van der Waals surface area (Å²) < 4.78 is 1.99. The molecule has 160 valence electrons. The molecule has 3 heterocycles. The van der Waals surface area contributed by atoms with Gasteiger partial charge in [0.2, 0.25) is 0 Å². The van der Waals surface area contributed by atoms with Crippen LogP contribution >= 0.6 is 23.2 Å². The fourth-order valence-corrected chi connectivity index (χ4v) is 4.53. The van der Waals surface area contributed by atoms with Crippen molar-refractivity contribution >= 4 is 46.8 Å². The summed E-state index contributed by atoms with van der Waals surface area (Å²) >= 11 is 12.3. The Hall–Kier alpha value is -1.96. The van der Waals surface area contributed by atoms with E-state index >= 15 is 0 Å². The largest absolute Gasteiger partial charge is 0.333 e. The molecule has 2 fully saturated rings. The first kappa shape index (κ1) is 21.3. The highest BCUT2D eigenvalue weighted by Gasteiger charge is 2.53. The number of fused-ring (bicyclic) bond motifs is 1.